The lowest BCUT2D eigenvalue weighted by molar-refractivity contribution is -0.0542. The normalized spacial score (nSPS) is 29.1. The molecule has 25 heteroatoms. The molecule has 0 spiro atoms. The molecule has 0 unspecified atom stereocenters. The van der Waals surface area contributed by atoms with E-state index in [-0.39, 0.29) is 17.0 Å². The Morgan fingerprint density at radius 2 is 1.39 bits per heavy atom. The van der Waals surface area contributed by atoms with Crippen LogP contribution in [-0.2, 0) is 27.7 Å². The van der Waals surface area contributed by atoms with Crippen molar-refractivity contribution in [2.75, 3.05) is 18.9 Å². The number of aliphatic hydroxyl groups is 4. The van der Waals surface area contributed by atoms with Crippen molar-refractivity contribution in [2.24, 2.45) is 0 Å². The van der Waals surface area contributed by atoms with Crippen LogP contribution >= 0.6 is 15.6 Å². The summed E-state index contributed by atoms with van der Waals surface area (Å²) in [6.45, 7) is -1.28. The molecule has 0 aliphatic carbocycles. The number of nitrogens with one attached hydrogen (secondary N) is 1. The summed E-state index contributed by atoms with van der Waals surface area (Å²) in [5, 5.41) is 39.6. The van der Waals surface area contributed by atoms with Crippen LogP contribution < -0.4 is 17.0 Å². The third-order valence-electron chi connectivity index (χ3n) is 6.25. The molecule has 44 heavy (non-hydrogen) atoms. The smallest absolute Gasteiger partial charge is 0.387 e. The molecule has 5 rings (SSSR count). The largest absolute Gasteiger partial charge is 0.469 e. The summed E-state index contributed by atoms with van der Waals surface area (Å²) < 4.78 is 42.5. The van der Waals surface area contributed by atoms with Crippen LogP contribution in [0.15, 0.2) is 34.5 Å². The number of nitrogens with two attached hydrogens (primary N) is 1. The van der Waals surface area contributed by atoms with Crippen molar-refractivity contribution in [1.29, 1.82) is 0 Å². The van der Waals surface area contributed by atoms with Gasteiger partial charge in [-0.05, 0) is 6.07 Å². The van der Waals surface area contributed by atoms with Crippen LogP contribution in [0.2, 0.25) is 0 Å². The molecule has 8 atom stereocenters. The standard InChI is InChI=1S/C10H13N4O8P.C9H14N3O8P/c15-6-4(1-21-23(18,19)20)22-10(7(6)16)14-3-13-5-8(14)11-2-12-9(5)17;10-5-1-2-12(9(15)11-5)8-7(14)6(13)4(20-8)3-19-21(16,17)18/h2-4,6-7,10,15-16H,1H2,(H,11,12,17)(H2,18,19,20);1-2,4,6-8,13-14H,3H2,(H2,10,11,15)(H2,16,17,18)/t4-,6-,7-,10-;4-,6-,7-,8-/m11/s1. The highest BCUT2D eigenvalue weighted by Gasteiger charge is 2.46. The molecular weight excluding hydrogens is 644 g/mol. The number of phosphoric ester groups is 2. The maximum Gasteiger partial charge on any atom is 0.469 e. The predicted octanol–water partition coefficient (Wildman–Crippen LogP) is -4.60. The number of hydrogen-bond donors (Lipinski definition) is 10. The number of fused-ring (bicyclic) bond motifs is 1. The molecule has 5 heterocycles. The quantitative estimate of drug-likeness (QED) is 0.101. The number of aromatic nitrogens is 6. The highest BCUT2D eigenvalue weighted by Crippen LogP contribution is 2.39. The average Bonchev–Trinajstić information content (AvgIpc) is 3.57. The van der Waals surface area contributed by atoms with Crippen LogP contribution in [0, 0.1) is 0 Å². The summed E-state index contributed by atoms with van der Waals surface area (Å²) in [6, 6.07) is 1.29. The van der Waals surface area contributed by atoms with Crippen molar-refractivity contribution in [3.63, 3.8) is 0 Å². The summed E-state index contributed by atoms with van der Waals surface area (Å²) >= 11 is 0. The van der Waals surface area contributed by atoms with Gasteiger partial charge < -0.3 is 60.2 Å². The molecule has 0 radical (unpaired) electrons. The monoisotopic (exact) mass is 671 g/mol. The molecule has 2 aliphatic heterocycles. The third-order valence-corrected chi connectivity index (χ3v) is 7.22. The SMILES string of the molecule is Nc1ccn([C@@H]2O[C@H](COP(=O)(O)O)[C@@H](O)[C@H]2O)c(=O)n1.O=c1[nH]cnc2c1ncn2[C@@H]1O[C@H](COP(=O)(O)O)[C@@H](O)[C@H]1O. The number of anilines is 1. The van der Waals surface area contributed by atoms with Gasteiger partial charge in [0.2, 0.25) is 0 Å². The lowest BCUT2D eigenvalue weighted by Crippen LogP contribution is -2.36. The molecule has 0 saturated carbocycles. The van der Waals surface area contributed by atoms with E-state index in [2.05, 4.69) is 29.0 Å². The molecule has 11 N–H and O–H groups in total. The zero-order valence-corrected chi connectivity index (χ0v) is 23.7. The Bertz CT molecular complexity index is 1670. The molecule has 3 aromatic heterocycles. The van der Waals surface area contributed by atoms with Gasteiger partial charge in [-0.15, -0.1) is 0 Å². The van der Waals surface area contributed by atoms with Gasteiger partial charge in [0, 0.05) is 6.20 Å². The number of phosphoric acid groups is 2. The molecule has 2 saturated heterocycles. The Kier molecular flexibility index (Phi) is 10.1. The zero-order chi connectivity index (χ0) is 32.6. The molecule has 0 aromatic carbocycles. The first-order valence-corrected chi connectivity index (χ1v) is 15.2. The van der Waals surface area contributed by atoms with Crippen LogP contribution in [0.4, 0.5) is 5.82 Å². The fraction of sp³-hybridized carbons (Fsp3) is 0.526. The number of hydrogen-bond acceptors (Lipinski definition) is 16. The second-order valence-corrected chi connectivity index (χ2v) is 11.7. The van der Waals surface area contributed by atoms with E-state index < -0.39 is 89.2 Å². The van der Waals surface area contributed by atoms with Gasteiger partial charge in [-0.3, -0.25) is 23.0 Å². The number of imidazole rings is 1. The van der Waals surface area contributed by atoms with Crippen molar-refractivity contribution < 1.29 is 67.7 Å². The van der Waals surface area contributed by atoms with Gasteiger partial charge in [-0.25, -0.2) is 23.9 Å². The second kappa shape index (κ2) is 13.2. The maximum atomic E-state index is 11.6. The number of aromatic amines is 1. The number of H-pyrrole nitrogens is 1. The number of nitrogen functional groups attached to an aromatic ring is 1. The van der Waals surface area contributed by atoms with Crippen LogP contribution in [0.1, 0.15) is 12.5 Å². The van der Waals surface area contributed by atoms with Crippen LogP contribution in [0.25, 0.3) is 11.2 Å². The summed E-state index contributed by atoms with van der Waals surface area (Å²) in [7, 11) is -9.48. The predicted molar refractivity (Wildman–Crippen MR) is 139 cm³/mol. The molecule has 0 amide bonds. The fourth-order valence-corrected chi connectivity index (χ4v) is 4.89. The number of aliphatic hydroxyl groups excluding tert-OH is 4. The molecule has 2 fully saturated rings. The molecule has 0 bridgehead atoms. The van der Waals surface area contributed by atoms with E-state index in [0.717, 1.165) is 10.9 Å². The zero-order valence-electron chi connectivity index (χ0n) is 21.9. The van der Waals surface area contributed by atoms with E-state index in [0.29, 0.717) is 0 Å². The van der Waals surface area contributed by atoms with Gasteiger partial charge in [0.1, 0.15) is 42.4 Å². The maximum absolute atomic E-state index is 11.6. The Labute approximate surface area is 243 Å². The number of nitrogens with zero attached hydrogens (tertiary/aromatic N) is 5. The number of ether oxygens (including phenoxy) is 2. The summed E-state index contributed by atoms with van der Waals surface area (Å²) in [6.07, 6.45) is -7.12. The van der Waals surface area contributed by atoms with E-state index in [1.165, 1.54) is 23.2 Å². The van der Waals surface area contributed by atoms with Crippen molar-refractivity contribution in [3.05, 3.63) is 45.8 Å². The van der Waals surface area contributed by atoms with Gasteiger partial charge in [-0.1, -0.05) is 0 Å². The van der Waals surface area contributed by atoms with Crippen molar-refractivity contribution in [3.8, 4) is 0 Å². The van der Waals surface area contributed by atoms with Gasteiger partial charge in [0.15, 0.2) is 23.6 Å². The van der Waals surface area contributed by atoms with Crippen LogP contribution in [-0.4, -0.2) is 119 Å². The van der Waals surface area contributed by atoms with E-state index in [1.54, 1.807) is 0 Å². The van der Waals surface area contributed by atoms with Crippen LogP contribution in [0.3, 0.4) is 0 Å². The van der Waals surface area contributed by atoms with Crippen molar-refractivity contribution in [1.82, 2.24) is 29.1 Å². The summed E-state index contributed by atoms with van der Waals surface area (Å²) in [5.41, 5.74) is 4.19. The topological polar surface area (TPSA) is 357 Å². The van der Waals surface area contributed by atoms with Gasteiger partial charge in [0.05, 0.1) is 25.9 Å². The molecule has 3 aromatic rings. The second-order valence-electron chi connectivity index (χ2n) is 9.26. The Hall–Kier alpha value is -2.99. The Balaban J connectivity index is 0.000000202. The van der Waals surface area contributed by atoms with Crippen LogP contribution in [0.5, 0.6) is 0 Å². The Morgan fingerprint density at radius 3 is 1.89 bits per heavy atom. The fourth-order valence-electron chi connectivity index (χ4n) is 4.20. The van der Waals surface area contributed by atoms with E-state index >= 15 is 0 Å². The van der Waals surface area contributed by atoms with Crippen molar-refractivity contribution >= 4 is 32.6 Å². The van der Waals surface area contributed by atoms with Gasteiger partial charge >= 0.3 is 21.3 Å². The summed E-state index contributed by atoms with van der Waals surface area (Å²) in [4.78, 5) is 71.4. The minimum absolute atomic E-state index is 0.0210. The van der Waals surface area contributed by atoms with E-state index in [4.69, 9.17) is 34.8 Å². The summed E-state index contributed by atoms with van der Waals surface area (Å²) in [5.74, 6) is -0.0225. The minimum Gasteiger partial charge on any atom is -0.387 e. The molecule has 244 valence electrons. The minimum atomic E-state index is -4.74. The van der Waals surface area contributed by atoms with Gasteiger partial charge in [-0.2, -0.15) is 4.98 Å². The molecule has 23 nitrogen and oxygen atoms in total. The lowest BCUT2D eigenvalue weighted by Gasteiger charge is -2.16. The first-order valence-electron chi connectivity index (χ1n) is 12.1. The first-order chi connectivity index (χ1) is 20.5. The first kappa shape index (κ1) is 33.9. The molecular formula is C19H27N7O16P2. The van der Waals surface area contributed by atoms with E-state index in [9.17, 15) is 39.1 Å². The number of rotatable bonds is 8. The average molecular weight is 671 g/mol. The van der Waals surface area contributed by atoms with Crippen molar-refractivity contribution in [2.45, 2.75) is 49.1 Å². The highest BCUT2D eigenvalue weighted by atomic mass is 31.2. The van der Waals surface area contributed by atoms with E-state index in [1.807, 2.05) is 0 Å². The highest BCUT2D eigenvalue weighted by molar-refractivity contribution is 7.46. The Morgan fingerprint density at radius 1 is 0.864 bits per heavy atom. The molecule has 2 aliphatic rings. The van der Waals surface area contributed by atoms with Gasteiger partial charge in [0.25, 0.3) is 5.56 Å². The lowest BCUT2D eigenvalue weighted by atomic mass is 10.1. The third kappa shape index (κ3) is 7.80.